The fourth-order valence-corrected chi connectivity index (χ4v) is 2.10. The van der Waals surface area contributed by atoms with Gasteiger partial charge in [0.2, 0.25) is 5.91 Å². The van der Waals surface area contributed by atoms with Gasteiger partial charge in [0.15, 0.2) is 0 Å². The highest BCUT2D eigenvalue weighted by molar-refractivity contribution is 7.98. The highest BCUT2D eigenvalue weighted by atomic mass is 35.5. The first-order valence-electron chi connectivity index (χ1n) is 5.77. The van der Waals surface area contributed by atoms with Gasteiger partial charge in [0.25, 0.3) is 0 Å². The van der Waals surface area contributed by atoms with Gasteiger partial charge in [-0.25, -0.2) is 0 Å². The number of aromatic nitrogens is 1. The SMILES string of the molecule is Cl.Cl.NCCCNC(=O)CCSCc1ccccn1. The van der Waals surface area contributed by atoms with Gasteiger partial charge in [-0.15, -0.1) is 24.8 Å². The molecule has 0 aliphatic heterocycles. The molecular weight excluding hydrogens is 305 g/mol. The maximum atomic E-state index is 11.3. The van der Waals surface area contributed by atoms with E-state index in [1.807, 2.05) is 18.2 Å². The molecule has 0 fully saturated rings. The molecule has 4 nitrogen and oxygen atoms in total. The van der Waals surface area contributed by atoms with E-state index in [9.17, 15) is 4.79 Å². The lowest BCUT2D eigenvalue weighted by Gasteiger charge is -2.04. The zero-order chi connectivity index (χ0) is 12.3. The Bertz CT molecular complexity index is 328. The summed E-state index contributed by atoms with van der Waals surface area (Å²) in [6.45, 7) is 1.30. The molecule has 19 heavy (non-hydrogen) atoms. The van der Waals surface area contributed by atoms with Gasteiger partial charge in [0.05, 0.1) is 5.69 Å². The Balaban J connectivity index is 0. The zero-order valence-electron chi connectivity index (χ0n) is 10.7. The van der Waals surface area contributed by atoms with Gasteiger partial charge in [-0.1, -0.05) is 6.07 Å². The average Bonchev–Trinajstić information content (AvgIpc) is 2.36. The Morgan fingerprint density at radius 1 is 1.37 bits per heavy atom. The number of nitrogens with zero attached hydrogens (tertiary/aromatic N) is 1. The molecule has 1 aromatic heterocycles. The molecule has 1 aromatic rings. The Labute approximate surface area is 131 Å². The van der Waals surface area contributed by atoms with Crippen LogP contribution in [-0.4, -0.2) is 29.7 Å². The van der Waals surface area contributed by atoms with Crippen LogP contribution < -0.4 is 11.1 Å². The van der Waals surface area contributed by atoms with Gasteiger partial charge < -0.3 is 11.1 Å². The van der Waals surface area contributed by atoms with E-state index < -0.39 is 0 Å². The van der Waals surface area contributed by atoms with Crippen LogP contribution in [0.15, 0.2) is 24.4 Å². The van der Waals surface area contributed by atoms with Crippen LogP contribution in [0, 0.1) is 0 Å². The number of pyridine rings is 1. The number of rotatable bonds is 8. The third-order valence-corrected chi connectivity index (χ3v) is 3.15. The number of carbonyl (C=O) groups is 1. The molecule has 0 radical (unpaired) electrons. The summed E-state index contributed by atoms with van der Waals surface area (Å²) in [7, 11) is 0. The van der Waals surface area contributed by atoms with Crippen LogP contribution in [0.2, 0.25) is 0 Å². The molecule has 0 bridgehead atoms. The van der Waals surface area contributed by atoms with Gasteiger partial charge in [-0.3, -0.25) is 9.78 Å². The number of hydrogen-bond donors (Lipinski definition) is 2. The Morgan fingerprint density at radius 3 is 2.79 bits per heavy atom. The lowest BCUT2D eigenvalue weighted by atomic mass is 10.4. The second-order valence-corrected chi connectivity index (χ2v) is 4.72. The van der Waals surface area contributed by atoms with E-state index in [1.54, 1.807) is 18.0 Å². The van der Waals surface area contributed by atoms with E-state index in [0.29, 0.717) is 19.5 Å². The lowest BCUT2D eigenvalue weighted by Crippen LogP contribution is -2.26. The van der Waals surface area contributed by atoms with Crippen LogP contribution in [0.25, 0.3) is 0 Å². The van der Waals surface area contributed by atoms with Crippen molar-refractivity contribution in [2.24, 2.45) is 5.73 Å². The van der Waals surface area contributed by atoms with Gasteiger partial charge >= 0.3 is 0 Å². The zero-order valence-corrected chi connectivity index (χ0v) is 13.2. The van der Waals surface area contributed by atoms with Crippen LogP contribution in [0.1, 0.15) is 18.5 Å². The molecule has 1 amide bonds. The summed E-state index contributed by atoms with van der Waals surface area (Å²) in [5, 5.41) is 2.83. The summed E-state index contributed by atoms with van der Waals surface area (Å²) in [6, 6.07) is 5.87. The van der Waals surface area contributed by atoms with E-state index in [-0.39, 0.29) is 30.7 Å². The Kier molecular flexibility index (Phi) is 15.3. The molecule has 110 valence electrons. The number of amides is 1. The normalized spacial score (nSPS) is 9.11. The summed E-state index contributed by atoms with van der Waals surface area (Å²) < 4.78 is 0. The smallest absolute Gasteiger partial charge is 0.220 e. The van der Waals surface area contributed by atoms with E-state index >= 15 is 0 Å². The number of halogens is 2. The summed E-state index contributed by atoms with van der Waals surface area (Å²) in [5.74, 6) is 1.79. The number of nitrogens with two attached hydrogens (primary N) is 1. The van der Waals surface area contributed by atoms with Crippen molar-refractivity contribution in [3.63, 3.8) is 0 Å². The van der Waals surface area contributed by atoms with Crippen LogP contribution in [0.3, 0.4) is 0 Å². The minimum Gasteiger partial charge on any atom is -0.356 e. The summed E-state index contributed by atoms with van der Waals surface area (Å²) in [4.78, 5) is 15.6. The fourth-order valence-electron chi connectivity index (χ4n) is 1.24. The number of nitrogens with one attached hydrogen (secondary N) is 1. The van der Waals surface area contributed by atoms with E-state index in [4.69, 9.17) is 5.73 Å². The first kappa shape index (κ1) is 20.8. The highest BCUT2D eigenvalue weighted by Gasteiger charge is 2.00. The van der Waals surface area contributed by atoms with Crippen molar-refractivity contribution in [2.75, 3.05) is 18.8 Å². The molecule has 0 aliphatic carbocycles. The summed E-state index contributed by atoms with van der Waals surface area (Å²) in [5.41, 5.74) is 6.39. The van der Waals surface area contributed by atoms with Gasteiger partial charge in [-0.2, -0.15) is 11.8 Å². The van der Waals surface area contributed by atoms with Crippen LogP contribution in [0.4, 0.5) is 0 Å². The third-order valence-electron chi connectivity index (χ3n) is 2.15. The summed E-state index contributed by atoms with van der Waals surface area (Å²) in [6.07, 6.45) is 3.18. The topological polar surface area (TPSA) is 68.0 Å². The standard InChI is InChI=1S/C12H19N3OS.2ClH/c13-6-3-8-15-12(16)5-9-17-10-11-4-1-2-7-14-11;;/h1-2,4,7H,3,5-6,8-10,13H2,(H,15,16);2*1H. The molecule has 1 heterocycles. The molecule has 0 unspecified atom stereocenters. The van der Waals surface area contributed by atoms with Crippen LogP contribution in [-0.2, 0) is 10.5 Å². The number of hydrogen-bond acceptors (Lipinski definition) is 4. The molecular formula is C12H21Cl2N3OS. The highest BCUT2D eigenvalue weighted by Crippen LogP contribution is 2.10. The molecule has 1 rings (SSSR count). The van der Waals surface area contributed by atoms with Crippen LogP contribution in [0.5, 0.6) is 0 Å². The van der Waals surface area contributed by atoms with Crippen molar-refractivity contribution in [1.82, 2.24) is 10.3 Å². The Hall–Kier alpha value is -0.490. The first-order valence-corrected chi connectivity index (χ1v) is 6.93. The second-order valence-electron chi connectivity index (χ2n) is 3.62. The van der Waals surface area contributed by atoms with Crippen molar-refractivity contribution in [2.45, 2.75) is 18.6 Å². The van der Waals surface area contributed by atoms with Crippen molar-refractivity contribution in [3.05, 3.63) is 30.1 Å². The van der Waals surface area contributed by atoms with Crippen molar-refractivity contribution in [3.8, 4) is 0 Å². The Morgan fingerprint density at radius 2 is 2.16 bits per heavy atom. The monoisotopic (exact) mass is 325 g/mol. The molecule has 0 aromatic carbocycles. The van der Waals surface area contributed by atoms with E-state index in [0.717, 1.165) is 23.6 Å². The quantitative estimate of drug-likeness (QED) is 0.717. The molecule has 0 aliphatic rings. The van der Waals surface area contributed by atoms with Gasteiger partial charge in [0.1, 0.15) is 0 Å². The maximum absolute atomic E-state index is 11.3. The number of carbonyl (C=O) groups excluding carboxylic acids is 1. The molecule has 0 atom stereocenters. The summed E-state index contributed by atoms with van der Waals surface area (Å²) >= 11 is 1.73. The van der Waals surface area contributed by atoms with E-state index in [2.05, 4.69) is 10.3 Å². The fraction of sp³-hybridized carbons (Fsp3) is 0.500. The molecule has 0 saturated heterocycles. The molecule has 3 N–H and O–H groups in total. The van der Waals surface area contributed by atoms with Crippen molar-refractivity contribution >= 4 is 42.5 Å². The van der Waals surface area contributed by atoms with Gasteiger partial charge in [-0.05, 0) is 25.1 Å². The molecule has 0 spiro atoms. The third kappa shape index (κ3) is 11.1. The van der Waals surface area contributed by atoms with Crippen LogP contribution >= 0.6 is 36.6 Å². The predicted octanol–water partition coefficient (Wildman–Crippen LogP) is 2.01. The largest absolute Gasteiger partial charge is 0.356 e. The second kappa shape index (κ2) is 13.9. The van der Waals surface area contributed by atoms with Gasteiger partial charge in [0, 0.05) is 30.7 Å². The minimum absolute atomic E-state index is 0. The van der Waals surface area contributed by atoms with Crippen molar-refractivity contribution < 1.29 is 4.79 Å². The van der Waals surface area contributed by atoms with E-state index in [1.165, 1.54) is 0 Å². The predicted molar refractivity (Wildman–Crippen MR) is 86.2 cm³/mol. The first-order chi connectivity index (χ1) is 8.33. The average molecular weight is 326 g/mol. The number of thioether (sulfide) groups is 1. The van der Waals surface area contributed by atoms with Crippen molar-refractivity contribution in [1.29, 1.82) is 0 Å². The lowest BCUT2D eigenvalue weighted by molar-refractivity contribution is -0.120. The maximum Gasteiger partial charge on any atom is 0.220 e. The minimum atomic E-state index is 0. The molecule has 0 saturated carbocycles. The molecule has 7 heteroatoms.